The van der Waals surface area contributed by atoms with Crippen molar-refractivity contribution < 1.29 is 4.84 Å². The molecule has 1 aliphatic rings. The molecule has 0 aromatic carbocycles. The number of nitrogens with zero attached hydrogens (tertiary/aromatic N) is 2. The molecule has 4 heteroatoms. The lowest BCUT2D eigenvalue weighted by Gasteiger charge is -2.18. The molecule has 0 saturated carbocycles. The molecule has 1 fully saturated rings. The molecule has 72 valence electrons. The van der Waals surface area contributed by atoms with Gasteiger partial charge < -0.3 is 9.74 Å². The maximum atomic E-state index is 4.97. The van der Waals surface area contributed by atoms with E-state index < -0.39 is 0 Å². The number of likely N-dealkylation sites (N-methyl/N-ethyl adjacent to an activating group) is 1. The summed E-state index contributed by atoms with van der Waals surface area (Å²) in [6.07, 6.45) is 1.25. The van der Waals surface area contributed by atoms with Crippen molar-refractivity contribution >= 4 is 0 Å². The van der Waals surface area contributed by atoms with E-state index in [-0.39, 0.29) is 0 Å². The zero-order valence-electron chi connectivity index (χ0n) is 7.83. The number of hydrogen-bond acceptors (Lipinski definition) is 4. The molecule has 0 aliphatic carbocycles. The normalized spacial score (nSPS) is 22.5. The molecule has 0 unspecified atom stereocenters. The standard InChI is InChI=1S/C8H19N3O/c1-10-3-2-4-11(6-5-10)7-8-12-9/h2-9H2,1H3. The van der Waals surface area contributed by atoms with Crippen LogP contribution >= 0.6 is 0 Å². The van der Waals surface area contributed by atoms with Crippen molar-refractivity contribution in [3.05, 3.63) is 0 Å². The van der Waals surface area contributed by atoms with Gasteiger partial charge in [0, 0.05) is 19.6 Å². The summed E-state index contributed by atoms with van der Waals surface area (Å²) in [5.74, 6) is 4.97. The Bertz CT molecular complexity index is 119. The van der Waals surface area contributed by atoms with Crippen LogP contribution in [0.2, 0.25) is 0 Å². The molecule has 0 spiro atoms. The van der Waals surface area contributed by atoms with Gasteiger partial charge in [-0.25, -0.2) is 5.90 Å². The monoisotopic (exact) mass is 173 g/mol. The summed E-state index contributed by atoms with van der Waals surface area (Å²) in [4.78, 5) is 9.32. The predicted molar refractivity (Wildman–Crippen MR) is 48.7 cm³/mol. The van der Waals surface area contributed by atoms with E-state index in [1.165, 1.54) is 19.5 Å². The van der Waals surface area contributed by atoms with Gasteiger partial charge in [-0.3, -0.25) is 4.90 Å². The summed E-state index contributed by atoms with van der Waals surface area (Å²) < 4.78 is 0. The largest absolute Gasteiger partial charge is 0.305 e. The predicted octanol–water partition coefficient (Wildman–Crippen LogP) is -0.486. The minimum Gasteiger partial charge on any atom is -0.305 e. The molecular weight excluding hydrogens is 154 g/mol. The van der Waals surface area contributed by atoms with Crippen molar-refractivity contribution in [2.45, 2.75) is 6.42 Å². The first-order valence-corrected chi connectivity index (χ1v) is 4.55. The van der Waals surface area contributed by atoms with Crippen LogP contribution < -0.4 is 5.90 Å². The van der Waals surface area contributed by atoms with Gasteiger partial charge in [-0.1, -0.05) is 0 Å². The highest BCUT2D eigenvalue weighted by molar-refractivity contribution is 4.66. The van der Waals surface area contributed by atoms with Crippen LogP contribution in [-0.4, -0.2) is 56.2 Å². The van der Waals surface area contributed by atoms with Gasteiger partial charge in [0.1, 0.15) is 0 Å². The van der Waals surface area contributed by atoms with Crippen LogP contribution in [0.25, 0.3) is 0 Å². The van der Waals surface area contributed by atoms with Crippen LogP contribution in [-0.2, 0) is 4.84 Å². The third kappa shape index (κ3) is 3.49. The fourth-order valence-electron chi connectivity index (χ4n) is 1.51. The molecule has 2 N–H and O–H groups in total. The number of nitrogens with two attached hydrogens (primary N) is 1. The highest BCUT2D eigenvalue weighted by Crippen LogP contribution is 1.99. The lowest BCUT2D eigenvalue weighted by atomic mass is 10.4. The van der Waals surface area contributed by atoms with E-state index in [0.717, 1.165) is 19.6 Å². The van der Waals surface area contributed by atoms with Gasteiger partial charge in [-0.2, -0.15) is 0 Å². The van der Waals surface area contributed by atoms with Crippen molar-refractivity contribution in [3.63, 3.8) is 0 Å². The minimum absolute atomic E-state index is 0.643. The third-order valence-corrected chi connectivity index (χ3v) is 2.34. The summed E-state index contributed by atoms with van der Waals surface area (Å²) >= 11 is 0. The van der Waals surface area contributed by atoms with E-state index >= 15 is 0 Å². The Labute approximate surface area is 74.2 Å². The second kappa shape index (κ2) is 5.48. The Kier molecular flexibility index (Phi) is 4.53. The zero-order chi connectivity index (χ0) is 8.81. The molecular formula is C8H19N3O. The van der Waals surface area contributed by atoms with Gasteiger partial charge in [0.25, 0.3) is 0 Å². The van der Waals surface area contributed by atoms with Crippen molar-refractivity contribution in [3.8, 4) is 0 Å². The lowest BCUT2D eigenvalue weighted by molar-refractivity contribution is 0.107. The highest BCUT2D eigenvalue weighted by Gasteiger charge is 2.10. The molecule has 0 bridgehead atoms. The molecule has 1 aliphatic heterocycles. The first kappa shape index (κ1) is 9.92. The van der Waals surface area contributed by atoms with Crippen LogP contribution in [0.4, 0.5) is 0 Å². The first-order valence-electron chi connectivity index (χ1n) is 4.55. The van der Waals surface area contributed by atoms with Gasteiger partial charge in [-0.05, 0) is 26.6 Å². The summed E-state index contributed by atoms with van der Waals surface area (Å²) in [7, 11) is 2.17. The molecule has 1 saturated heterocycles. The van der Waals surface area contributed by atoms with Gasteiger partial charge in [0.05, 0.1) is 6.61 Å². The molecule has 1 rings (SSSR count). The summed E-state index contributed by atoms with van der Waals surface area (Å²) in [6.45, 7) is 6.28. The van der Waals surface area contributed by atoms with E-state index in [1.54, 1.807) is 0 Å². The van der Waals surface area contributed by atoms with E-state index in [1.807, 2.05) is 0 Å². The van der Waals surface area contributed by atoms with Gasteiger partial charge in [-0.15, -0.1) is 0 Å². The van der Waals surface area contributed by atoms with Crippen LogP contribution in [0.3, 0.4) is 0 Å². The fourth-order valence-corrected chi connectivity index (χ4v) is 1.51. The third-order valence-electron chi connectivity index (χ3n) is 2.34. The van der Waals surface area contributed by atoms with Crippen LogP contribution in [0.15, 0.2) is 0 Å². The summed E-state index contributed by atoms with van der Waals surface area (Å²) in [6, 6.07) is 0. The van der Waals surface area contributed by atoms with Crippen molar-refractivity contribution in [1.82, 2.24) is 9.80 Å². The summed E-state index contributed by atoms with van der Waals surface area (Å²) in [5, 5.41) is 0. The lowest BCUT2D eigenvalue weighted by Crippen LogP contribution is -2.32. The van der Waals surface area contributed by atoms with Crippen molar-refractivity contribution in [1.29, 1.82) is 0 Å². The van der Waals surface area contributed by atoms with E-state index in [9.17, 15) is 0 Å². The molecule has 0 aromatic heterocycles. The molecule has 4 nitrogen and oxygen atoms in total. The Morgan fingerprint density at radius 2 is 2.08 bits per heavy atom. The topological polar surface area (TPSA) is 41.7 Å². The van der Waals surface area contributed by atoms with E-state index in [2.05, 4.69) is 21.7 Å². The van der Waals surface area contributed by atoms with Crippen molar-refractivity contribution in [2.75, 3.05) is 46.4 Å². The fraction of sp³-hybridized carbons (Fsp3) is 1.00. The molecule has 1 heterocycles. The molecule has 0 radical (unpaired) electrons. The zero-order valence-corrected chi connectivity index (χ0v) is 7.83. The quantitative estimate of drug-likeness (QED) is 0.585. The van der Waals surface area contributed by atoms with Gasteiger partial charge in [0.15, 0.2) is 0 Å². The average Bonchev–Trinajstić information content (AvgIpc) is 2.27. The van der Waals surface area contributed by atoms with Gasteiger partial charge in [0.2, 0.25) is 0 Å². The SMILES string of the molecule is CN1CCCN(CCON)CC1. The van der Waals surface area contributed by atoms with Crippen molar-refractivity contribution in [2.24, 2.45) is 5.90 Å². The molecule has 0 atom stereocenters. The molecule has 12 heavy (non-hydrogen) atoms. The molecule has 0 aromatic rings. The number of rotatable bonds is 3. The Balaban J connectivity index is 2.17. The van der Waals surface area contributed by atoms with Crippen LogP contribution in [0, 0.1) is 0 Å². The second-order valence-electron chi connectivity index (χ2n) is 3.37. The molecule has 0 amide bonds. The Morgan fingerprint density at radius 1 is 1.25 bits per heavy atom. The number of hydrogen-bond donors (Lipinski definition) is 1. The maximum Gasteiger partial charge on any atom is 0.0806 e. The Hall–Kier alpha value is -0.160. The average molecular weight is 173 g/mol. The maximum absolute atomic E-state index is 4.97. The van der Waals surface area contributed by atoms with E-state index in [0.29, 0.717) is 6.61 Å². The highest BCUT2D eigenvalue weighted by atomic mass is 16.6. The summed E-state index contributed by atoms with van der Waals surface area (Å²) in [5.41, 5.74) is 0. The Morgan fingerprint density at radius 3 is 2.83 bits per heavy atom. The smallest absolute Gasteiger partial charge is 0.0806 e. The first-order chi connectivity index (χ1) is 5.83. The van der Waals surface area contributed by atoms with Crippen LogP contribution in [0.1, 0.15) is 6.42 Å². The second-order valence-corrected chi connectivity index (χ2v) is 3.37. The van der Waals surface area contributed by atoms with Gasteiger partial charge >= 0.3 is 0 Å². The minimum atomic E-state index is 0.643. The van der Waals surface area contributed by atoms with Crippen LogP contribution in [0.5, 0.6) is 0 Å². The van der Waals surface area contributed by atoms with E-state index in [4.69, 9.17) is 5.90 Å².